The third kappa shape index (κ3) is 5.02. The van der Waals surface area contributed by atoms with E-state index in [1.165, 1.54) is 12.8 Å². The van der Waals surface area contributed by atoms with Crippen molar-refractivity contribution in [3.63, 3.8) is 0 Å². The Hall–Kier alpha value is -1.26. The van der Waals surface area contributed by atoms with Crippen LogP contribution in [-0.4, -0.2) is 39.5 Å². The van der Waals surface area contributed by atoms with Gasteiger partial charge in [0.15, 0.2) is 11.5 Å². The number of hydrogen-bond acceptors (Lipinski definition) is 4. The van der Waals surface area contributed by atoms with E-state index in [1.54, 1.807) is 0 Å². The number of ether oxygens (including phenoxy) is 3. The van der Waals surface area contributed by atoms with Crippen LogP contribution in [0.3, 0.4) is 0 Å². The van der Waals surface area contributed by atoms with Crippen molar-refractivity contribution in [3.8, 4) is 11.5 Å². The summed E-state index contributed by atoms with van der Waals surface area (Å²) >= 11 is 0. The van der Waals surface area contributed by atoms with E-state index in [9.17, 15) is 0 Å². The van der Waals surface area contributed by atoms with Gasteiger partial charge in [0.1, 0.15) is 6.61 Å². The number of benzene rings is 1. The van der Waals surface area contributed by atoms with E-state index in [4.69, 9.17) is 14.2 Å². The average Bonchev–Trinajstić information content (AvgIpc) is 2.50. The molecule has 0 spiro atoms. The van der Waals surface area contributed by atoms with E-state index < -0.39 is 0 Å². The maximum absolute atomic E-state index is 5.71. The van der Waals surface area contributed by atoms with Crippen molar-refractivity contribution in [1.82, 2.24) is 5.32 Å². The molecule has 1 aliphatic rings. The molecule has 4 nitrogen and oxygen atoms in total. The van der Waals surface area contributed by atoms with Crippen LogP contribution < -0.4 is 14.8 Å². The smallest absolute Gasteiger partial charge is 0.161 e. The lowest BCUT2D eigenvalue weighted by Crippen LogP contribution is -2.32. The van der Waals surface area contributed by atoms with Crippen LogP contribution in [-0.2, 0) is 4.74 Å². The molecule has 1 aromatic rings. The predicted molar refractivity (Wildman–Crippen MR) is 79.5 cm³/mol. The highest BCUT2D eigenvalue weighted by Gasteiger charge is 2.12. The molecule has 0 aliphatic carbocycles. The van der Waals surface area contributed by atoms with E-state index >= 15 is 0 Å². The maximum Gasteiger partial charge on any atom is 0.161 e. The van der Waals surface area contributed by atoms with Crippen LogP contribution in [0, 0.1) is 5.92 Å². The Labute approximate surface area is 121 Å². The standard InChI is InChI=1S/C16H25NO3/c1-2-19-15-7-3-4-8-16(15)20-11-10-18-13-14-6-5-9-17-12-14/h3-4,7-8,14,17H,2,5-6,9-13H2,1H3. The Balaban J connectivity index is 1.63. The van der Waals surface area contributed by atoms with Crippen LogP contribution in [0.25, 0.3) is 0 Å². The first kappa shape index (κ1) is 15.1. The fourth-order valence-corrected chi connectivity index (χ4v) is 2.37. The summed E-state index contributed by atoms with van der Waals surface area (Å²) in [6.07, 6.45) is 2.52. The minimum atomic E-state index is 0.560. The Kier molecular flexibility index (Phi) is 6.68. The lowest BCUT2D eigenvalue weighted by atomic mass is 10.0. The topological polar surface area (TPSA) is 39.7 Å². The minimum absolute atomic E-state index is 0.560. The fourth-order valence-electron chi connectivity index (χ4n) is 2.37. The summed E-state index contributed by atoms with van der Waals surface area (Å²) < 4.78 is 16.9. The second kappa shape index (κ2) is 8.82. The lowest BCUT2D eigenvalue weighted by molar-refractivity contribution is 0.0663. The molecule has 1 heterocycles. The molecule has 0 bridgehead atoms. The van der Waals surface area contributed by atoms with Crippen molar-refractivity contribution < 1.29 is 14.2 Å². The van der Waals surface area contributed by atoms with E-state index in [-0.39, 0.29) is 0 Å². The van der Waals surface area contributed by atoms with Gasteiger partial charge in [0.05, 0.1) is 19.8 Å². The highest BCUT2D eigenvalue weighted by atomic mass is 16.5. The number of nitrogens with one attached hydrogen (secondary N) is 1. The number of piperidine rings is 1. The second-order valence-corrected chi connectivity index (χ2v) is 5.02. The fraction of sp³-hybridized carbons (Fsp3) is 0.625. The molecule has 1 atom stereocenters. The number of hydrogen-bond donors (Lipinski definition) is 1. The van der Waals surface area contributed by atoms with Gasteiger partial charge in [-0.2, -0.15) is 0 Å². The first-order valence-electron chi connectivity index (χ1n) is 7.53. The zero-order valence-corrected chi connectivity index (χ0v) is 12.3. The summed E-state index contributed by atoms with van der Waals surface area (Å²) in [5.74, 6) is 2.24. The molecule has 1 fully saturated rings. The summed E-state index contributed by atoms with van der Waals surface area (Å²) in [5.41, 5.74) is 0. The van der Waals surface area contributed by atoms with Crippen molar-refractivity contribution in [3.05, 3.63) is 24.3 Å². The SMILES string of the molecule is CCOc1ccccc1OCCOCC1CCCNC1. The van der Waals surface area contributed by atoms with Crippen LogP contribution in [0.15, 0.2) is 24.3 Å². The summed E-state index contributed by atoms with van der Waals surface area (Å²) in [5, 5.41) is 3.40. The van der Waals surface area contributed by atoms with Gasteiger partial charge in [-0.25, -0.2) is 0 Å². The van der Waals surface area contributed by atoms with Gasteiger partial charge in [-0.15, -0.1) is 0 Å². The average molecular weight is 279 g/mol. The molecule has 4 heteroatoms. The largest absolute Gasteiger partial charge is 0.490 e. The monoisotopic (exact) mass is 279 g/mol. The first-order chi connectivity index (χ1) is 9.90. The van der Waals surface area contributed by atoms with Gasteiger partial charge in [-0.1, -0.05) is 12.1 Å². The Morgan fingerprint density at radius 2 is 1.95 bits per heavy atom. The van der Waals surface area contributed by atoms with Crippen LogP contribution in [0.4, 0.5) is 0 Å². The summed E-state index contributed by atoms with van der Waals surface area (Å²) in [7, 11) is 0. The molecule has 0 saturated carbocycles. The Morgan fingerprint density at radius 3 is 2.65 bits per heavy atom. The Bertz CT molecular complexity index is 378. The number of rotatable bonds is 8. The molecule has 2 rings (SSSR count). The van der Waals surface area contributed by atoms with Gasteiger partial charge < -0.3 is 19.5 Å². The van der Waals surface area contributed by atoms with Crippen LogP contribution in [0.1, 0.15) is 19.8 Å². The molecule has 1 aliphatic heterocycles. The van der Waals surface area contributed by atoms with Crippen molar-refractivity contribution in [2.75, 3.05) is 39.5 Å². The highest BCUT2D eigenvalue weighted by Crippen LogP contribution is 2.26. The molecule has 0 radical (unpaired) electrons. The van der Waals surface area contributed by atoms with Crippen molar-refractivity contribution in [1.29, 1.82) is 0 Å². The molecule has 1 N–H and O–H groups in total. The third-order valence-corrected chi connectivity index (χ3v) is 3.39. The third-order valence-electron chi connectivity index (χ3n) is 3.39. The van der Waals surface area contributed by atoms with Crippen molar-refractivity contribution in [2.45, 2.75) is 19.8 Å². The summed E-state index contributed by atoms with van der Waals surface area (Å²) in [6, 6.07) is 7.75. The molecular formula is C16H25NO3. The van der Waals surface area contributed by atoms with Gasteiger partial charge in [-0.05, 0) is 44.4 Å². The molecule has 0 amide bonds. The normalized spacial score (nSPS) is 18.8. The van der Waals surface area contributed by atoms with Gasteiger partial charge >= 0.3 is 0 Å². The van der Waals surface area contributed by atoms with Crippen LogP contribution in [0.2, 0.25) is 0 Å². The first-order valence-corrected chi connectivity index (χ1v) is 7.53. The van der Waals surface area contributed by atoms with Gasteiger partial charge in [0.25, 0.3) is 0 Å². The van der Waals surface area contributed by atoms with Gasteiger partial charge in [0.2, 0.25) is 0 Å². The number of para-hydroxylation sites is 2. The predicted octanol–water partition coefficient (Wildman–Crippen LogP) is 2.48. The van der Waals surface area contributed by atoms with Crippen molar-refractivity contribution >= 4 is 0 Å². The van der Waals surface area contributed by atoms with Gasteiger partial charge in [-0.3, -0.25) is 0 Å². The lowest BCUT2D eigenvalue weighted by Gasteiger charge is -2.22. The molecule has 1 unspecified atom stereocenters. The quantitative estimate of drug-likeness (QED) is 0.742. The summed E-state index contributed by atoms with van der Waals surface area (Å²) in [4.78, 5) is 0. The van der Waals surface area contributed by atoms with Crippen LogP contribution in [0.5, 0.6) is 11.5 Å². The minimum Gasteiger partial charge on any atom is -0.490 e. The molecule has 20 heavy (non-hydrogen) atoms. The van der Waals surface area contributed by atoms with Gasteiger partial charge in [0, 0.05) is 6.54 Å². The van der Waals surface area contributed by atoms with E-state index in [2.05, 4.69) is 5.32 Å². The summed E-state index contributed by atoms with van der Waals surface area (Å²) in [6.45, 7) is 6.84. The molecule has 1 saturated heterocycles. The highest BCUT2D eigenvalue weighted by molar-refractivity contribution is 5.39. The molecule has 0 aromatic heterocycles. The van der Waals surface area contributed by atoms with Crippen LogP contribution >= 0.6 is 0 Å². The zero-order valence-electron chi connectivity index (χ0n) is 12.3. The Morgan fingerprint density at radius 1 is 1.15 bits per heavy atom. The molecule has 112 valence electrons. The van der Waals surface area contributed by atoms with E-state index in [0.29, 0.717) is 25.7 Å². The molecule has 1 aromatic carbocycles. The van der Waals surface area contributed by atoms with E-state index in [1.807, 2.05) is 31.2 Å². The molecular weight excluding hydrogens is 254 g/mol. The maximum atomic E-state index is 5.71. The van der Waals surface area contributed by atoms with E-state index in [0.717, 1.165) is 31.2 Å². The zero-order chi connectivity index (χ0) is 14.0. The second-order valence-electron chi connectivity index (χ2n) is 5.02. The van der Waals surface area contributed by atoms with Crippen molar-refractivity contribution in [2.24, 2.45) is 5.92 Å².